The fraction of sp³-hybridized carbons (Fsp3) is 0.333. The van der Waals surface area contributed by atoms with E-state index in [1.165, 1.54) is 0 Å². The first-order chi connectivity index (χ1) is 8.03. The molecule has 1 aliphatic carbocycles. The van der Waals surface area contributed by atoms with Gasteiger partial charge in [-0.2, -0.15) is 5.26 Å². The van der Waals surface area contributed by atoms with Crippen molar-refractivity contribution in [3.05, 3.63) is 41.0 Å². The number of benzene rings is 1. The first-order valence-corrected chi connectivity index (χ1v) is 5.78. The van der Waals surface area contributed by atoms with E-state index in [1.54, 1.807) is 12.1 Å². The van der Waals surface area contributed by atoms with E-state index < -0.39 is 0 Å². The lowest BCUT2D eigenvalue weighted by Gasteiger charge is -2.12. The Balaban J connectivity index is 2.26. The molecular weight excluding hydrogens is 210 g/mol. The van der Waals surface area contributed by atoms with Gasteiger partial charge in [-0.25, -0.2) is 0 Å². The number of nitriles is 1. The van der Waals surface area contributed by atoms with Crippen LogP contribution in [0.2, 0.25) is 0 Å². The van der Waals surface area contributed by atoms with Gasteiger partial charge >= 0.3 is 0 Å². The molecule has 0 unspecified atom stereocenters. The predicted molar refractivity (Wildman–Crippen MR) is 67.2 cm³/mol. The molecule has 1 fully saturated rings. The molecule has 0 heterocycles. The molecule has 2 rings (SSSR count). The average Bonchev–Trinajstić information content (AvgIpc) is 2.57. The molecule has 1 aromatic carbocycles. The highest BCUT2D eigenvalue weighted by molar-refractivity contribution is 6.05. The zero-order valence-electron chi connectivity index (χ0n) is 10.2. The first-order valence-electron chi connectivity index (χ1n) is 5.78. The molecule has 0 bridgehead atoms. The Bertz CT molecular complexity index is 515. The van der Waals surface area contributed by atoms with Crippen LogP contribution in [-0.2, 0) is 4.79 Å². The molecule has 1 aliphatic rings. The van der Waals surface area contributed by atoms with Crippen molar-refractivity contribution in [2.75, 3.05) is 0 Å². The van der Waals surface area contributed by atoms with Gasteiger partial charge in [-0.3, -0.25) is 4.79 Å². The van der Waals surface area contributed by atoms with Gasteiger partial charge in [0.25, 0.3) is 0 Å². The van der Waals surface area contributed by atoms with Gasteiger partial charge in [0.1, 0.15) is 0 Å². The summed E-state index contributed by atoms with van der Waals surface area (Å²) >= 11 is 0. The summed E-state index contributed by atoms with van der Waals surface area (Å²) in [7, 11) is 0. The topological polar surface area (TPSA) is 40.9 Å². The van der Waals surface area contributed by atoms with E-state index in [-0.39, 0.29) is 11.2 Å². The van der Waals surface area contributed by atoms with Crippen LogP contribution in [-0.4, -0.2) is 5.78 Å². The molecule has 0 spiro atoms. The van der Waals surface area contributed by atoms with Crippen molar-refractivity contribution in [1.29, 1.82) is 5.26 Å². The van der Waals surface area contributed by atoms with Gasteiger partial charge in [-0.05, 0) is 42.2 Å². The Morgan fingerprint density at radius 3 is 2.41 bits per heavy atom. The summed E-state index contributed by atoms with van der Waals surface area (Å²) in [6, 6.07) is 9.39. The number of carbonyl (C=O) groups excluding carboxylic acids is 1. The second kappa shape index (κ2) is 4.18. The fourth-order valence-corrected chi connectivity index (χ4v) is 2.10. The van der Waals surface area contributed by atoms with E-state index in [2.05, 4.69) is 6.07 Å². The number of nitrogens with zero attached hydrogens (tertiary/aromatic N) is 1. The van der Waals surface area contributed by atoms with Crippen LogP contribution >= 0.6 is 0 Å². The molecule has 0 aromatic heterocycles. The largest absolute Gasteiger partial charge is 0.294 e. The minimum Gasteiger partial charge on any atom is -0.294 e. The van der Waals surface area contributed by atoms with Crippen LogP contribution in [0, 0.1) is 16.7 Å². The number of rotatable bonds is 1. The van der Waals surface area contributed by atoms with E-state index in [0.717, 1.165) is 24.0 Å². The minimum atomic E-state index is -0.210. The van der Waals surface area contributed by atoms with Crippen LogP contribution in [0.5, 0.6) is 0 Å². The molecule has 0 radical (unpaired) electrons. The Hall–Kier alpha value is -1.88. The Morgan fingerprint density at radius 1 is 1.29 bits per heavy atom. The number of hydrogen-bond donors (Lipinski definition) is 0. The van der Waals surface area contributed by atoms with Gasteiger partial charge in [-0.15, -0.1) is 0 Å². The van der Waals surface area contributed by atoms with Crippen molar-refractivity contribution in [3.8, 4) is 6.07 Å². The van der Waals surface area contributed by atoms with E-state index in [4.69, 9.17) is 5.26 Å². The van der Waals surface area contributed by atoms with Gasteiger partial charge in [0.15, 0.2) is 5.78 Å². The summed E-state index contributed by atoms with van der Waals surface area (Å²) in [5, 5.41) is 8.70. The Kier molecular flexibility index (Phi) is 2.85. The molecular formula is C15H15NO. The van der Waals surface area contributed by atoms with Crippen LogP contribution in [0.15, 0.2) is 29.8 Å². The third kappa shape index (κ3) is 2.29. The maximum Gasteiger partial charge on any atom is 0.164 e. The Morgan fingerprint density at radius 2 is 1.94 bits per heavy atom. The summed E-state index contributed by atoms with van der Waals surface area (Å²) in [5.41, 5.74) is 2.33. The molecule has 1 aromatic rings. The number of allylic oxidation sites excluding steroid dienone is 1. The SMILES string of the molecule is CC1(C)CC/C(=C\c2ccc(C#N)cc2)C1=O. The third-order valence-electron chi connectivity index (χ3n) is 3.31. The van der Waals surface area contributed by atoms with Crippen LogP contribution in [0.4, 0.5) is 0 Å². The van der Waals surface area contributed by atoms with Crippen molar-refractivity contribution in [2.24, 2.45) is 5.41 Å². The molecule has 2 heteroatoms. The summed E-state index contributed by atoms with van der Waals surface area (Å²) in [5.74, 6) is 0.252. The lowest BCUT2D eigenvalue weighted by molar-refractivity contribution is -0.121. The van der Waals surface area contributed by atoms with E-state index in [1.807, 2.05) is 32.1 Å². The van der Waals surface area contributed by atoms with Crippen molar-refractivity contribution in [1.82, 2.24) is 0 Å². The number of carbonyl (C=O) groups is 1. The van der Waals surface area contributed by atoms with Gasteiger partial charge in [0.2, 0.25) is 0 Å². The lowest BCUT2D eigenvalue weighted by atomic mass is 9.90. The van der Waals surface area contributed by atoms with Crippen LogP contribution in [0.25, 0.3) is 6.08 Å². The predicted octanol–water partition coefficient (Wildman–Crippen LogP) is 3.33. The van der Waals surface area contributed by atoms with Gasteiger partial charge in [0, 0.05) is 5.41 Å². The van der Waals surface area contributed by atoms with Crippen molar-refractivity contribution >= 4 is 11.9 Å². The summed E-state index contributed by atoms with van der Waals surface area (Å²) in [6.45, 7) is 3.99. The van der Waals surface area contributed by atoms with Crippen molar-refractivity contribution in [3.63, 3.8) is 0 Å². The van der Waals surface area contributed by atoms with E-state index >= 15 is 0 Å². The van der Waals surface area contributed by atoms with Crippen LogP contribution in [0.3, 0.4) is 0 Å². The minimum absolute atomic E-state index is 0.210. The highest BCUT2D eigenvalue weighted by Gasteiger charge is 2.36. The maximum absolute atomic E-state index is 12.0. The number of hydrogen-bond acceptors (Lipinski definition) is 2. The highest BCUT2D eigenvalue weighted by Crippen LogP contribution is 2.37. The smallest absolute Gasteiger partial charge is 0.164 e. The average molecular weight is 225 g/mol. The van der Waals surface area contributed by atoms with Crippen LogP contribution < -0.4 is 0 Å². The molecule has 0 N–H and O–H groups in total. The van der Waals surface area contributed by atoms with Crippen molar-refractivity contribution < 1.29 is 4.79 Å². The zero-order chi connectivity index (χ0) is 12.5. The highest BCUT2D eigenvalue weighted by atomic mass is 16.1. The summed E-state index contributed by atoms with van der Waals surface area (Å²) in [6.07, 6.45) is 3.72. The maximum atomic E-state index is 12.0. The second-order valence-corrected chi connectivity index (χ2v) is 5.12. The zero-order valence-corrected chi connectivity index (χ0v) is 10.2. The monoisotopic (exact) mass is 225 g/mol. The molecule has 17 heavy (non-hydrogen) atoms. The van der Waals surface area contributed by atoms with E-state index in [9.17, 15) is 4.79 Å². The molecule has 2 nitrogen and oxygen atoms in total. The molecule has 1 saturated carbocycles. The van der Waals surface area contributed by atoms with Gasteiger partial charge in [-0.1, -0.05) is 26.0 Å². The van der Waals surface area contributed by atoms with Gasteiger partial charge < -0.3 is 0 Å². The molecule has 0 amide bonds. The van der Waals surface area contributed by atoms with Crippen molar-refractivity contribution in [2.45, 2.75) is 26.7 Å². The second-order valence-electron chi connectivity index (χ2n) is 5.12. The number of Topliss-reactive ketones (excluding diaryl/α,β-unsaturated/α-hetero) is 1. The Labute approximate surface area is 102 Å². The quantitative estimate of drug-likeness (QED) is 0.688. The molecule has 0 aliphatic heterocycles. The number of ketones is 1. The third-order valence-corrected chi connectivity index (χ3v) is 3.31. The summed E-state index contributed by atoms with van der Waals surface area (Å²) in [4.78, 5) is 12.0. The first kappa shape index (κ1) is 11.6. The molecule has 86 valence electrons. The fourth-order valence-electron chi connectivity index (χ4n) is 2.10. The molecule has 0 atom stereocenters. The van der Waals surface area contributed by atoms with Crippen LogP contribution in [0.1, 0.15) is 37.8 Å². The van der Waals surface area contributed by atoms with Gasteiger partial charge in [0.05, 0.1) is 11.6 Å². The van der Waals surface area contributed by atoms with E-state index in [0.29, 0.717) is 5.56 Å². The summed E-state index contributed by atoms with van der Waals surface area (Å²) < 4.78 is 0. The molecule has 0 saturated heterocycles. The lowest BCUT2D eigenvalue weighted by Crippen LogP contribution is -2.17. The normalized spacial score (nSPS) is 20.5. The standard InChI is InChI=1S/C15H15NO/c1-15(2)8-7-13(14(15)17)9-11-3-5-12(10-16)6-4-11/h3-6,9H,7-8H2,1-2H3/b13-9+.